The Hall–Kier alpha value is -3.85. The van der Waals surface area contributed by atoms with E-state index in [1.165, 1.54) is 12.1 Å². The smallest absolute Gasteiger partial charge is 0.305 e. The van der Waals surface area contributed by atoms with Crippen LogP contribution in [0.5, 0.6) is 0 Å². The summed E-state index contributed by atoms with van der Waals surface area (Å²) in [6, 6.07) is 1.00. The van der Waals surface area contributed by atoms with Crippen molar-refractivity contribution >= 4 is 45.9 Å². The number of nitrogens with zero attached hydrogens (tertiary/aromatic N) is 2. The zero-order chi connectivity index (χ0) is 26.6. The van der Waals surface area contributed by atoms with Crippen LogP contribution in [0, 0.1) is 0 Å². The fourth-order valence-electron chi connectivity index (χ4n) is 4.04. The number of primary sulfonamides is 1. The fraction of sp³-hybridized carbons (Fsp3) is 0.429. The van der Waals surface area contributed by atoms with Crippen LogP contribution >= 0.6 is 0 Å². The molecule has 0 radical (unpaired) electrons. The molecular formula is C21H25N5O9S. The van der Waals surface area contributed by atoms with Crippen LogP contribution < -0.4 is 15.8 Å². The Morgan fingerprint density at radius 1 is 1.17 bits per heavy atom. The topological polar surface area (TPSA) is 213 Å². The molecule has 194 valence electrons. The van der Waals surface area contributed by atoms with E-state index in [2.05, 4.69) is 10.6 Å². The number of rotatable bonds is 8. The van der Waals surface area contributed by atoms with Gasteiger partial charge >= 0.3 is 5.97 Å². The molecule has 0 bridgehead atoms. The zero-order valence-corrected chi connectivity index (χ0v) is 19.8. The first kappa shape index (κ1) is 26.7. The van der Waals surface area contributed by atoms with Crippen LogP contribution in [0.1, 0.15) is 42.5 Å². The quantitative estimate of drug-likeness (QED) is 0.280. The average Bonchev–Trinajstić information content (AvgIpc) is 2.94. The summed E-state index contributed by atoms with van der Waals surface area (Å²) in [5.41, 5.74) is 0.0399. The summed E-state index contributed by atoms with van der Waals surface area (Å²) in [5, 5.41) is 20.9. The Bertz CT molecular complexity index is 1180. The molecule has 0 aliphatic carbocycles. The number of hydrazine groups is 1. The van der Waals surface area contributed by atoms with Crippen LogP contribution in [0.25, 0.3) is 0 Å². The van der Waals surface area contributed by atoms with Gasteiger partial charge in [-0.1, -0.05) is 0 Å². The van der Waals surface area contributed by atoms with Crippen molar-refractivity contribution in [3.05, 3.63) is 29.8 Å². The molecule has 5 N–H and O–H groups in total. The molecule has 3 rings (SSSR count). The van der Waals surface area contributed by atoms with E-state index >= 15 is 0 Å². The third-order valence-electron chi connectivity index (χ3n) is 5.80. The van der Waals surface area contributed by atoms with Gasteiger partial charge in [0.25, 0.3) is 11.8 Å². The summed E-state index contributed by atoms with van der Waals surface area (Å²) < 4.78 is 22.8. The summed E-state index contributed by atoms with van der Waals surface area (Å²) in [4.78, 5) is 73.6. The normalized spacial score (nSPS) is 21.1. The first-order chi connectivity index (χ1) is 16.9. The number of carbonyl (C=O) groups excluding carboxylic acids is 5. The highest BCUT2D eigenvalue weighted by Gasteiger charge is 2.45. The molecule has 3 atom stereocenters. The molecule has 36 heavy (non-hydrogen) atoms. The van der Waals surface area contributed by atoms with Gasteiger partial charge in [-0.3, -0.25) is 29.0 Å². The third-order valence-corrected chi connectivity index (χ3v) is 6.73. The molecule has 0 saturated carbocycles. The Kier molecular flexibility index (Phi) is 8.04. The molecule has 15 heteroatoms. The van der Waals surface area contributed by atoms with E-state index in [0.29, 0.717) is 6.42 Å². The minimum Gasteiger partial charge on any atom is -0.481 e. The lowest BCUT2D eigenvalue weighted by Gasteiger charge is -2.43. The SMILES string of the molecule is NS(=O)(=O)c1ccc(C(=O)NC2CCC(=O)N3CCCC(C(=O)NC(C=O)CC(=O)O)N3C2=O)cc1. The molecule has 1 aromatic carbocycles. The van der Waals surface area contributed by atoms with Gasteiger partial charge in [-0.05, 0) is 43.5 Å². The summed E-state index contributed by atoms with van der Waals surface area (Å²) in [5.74, 6) is -3.98. The van der Waals surface area contributed by atoms with Gasteiger partial charge in [-0.2, -0.15) is 0 Å². The Labute approximate surface area is 205 Å². The molecule has 2 fully saturated rings. The van der Waals surface area contributed by atoms with Crippen molar-refractivity contribution in [2.45, 2.75) is 55.1 Å². The van der Waals surface area contributed by atoms with E-state index in [1.54, 1.807) is 0 Å². The highest BCUT2D eigenvalue weighted by molar-refractivity contribution is 7.89. The predicted molar refractivity (Wildman–Crippen MR) is 120 cm³/mol. The van der Waals surface area contributed by atoms with Crippen LogP contribution in [0.2, 0.25) is 0 Å². The van der Waals surface area contributed by atoms with Crippen molar-refractivity contribution in [1.29, 1.82) is 0 Å². The molecule has 4 amide bonds. The van der Waals surface area contributed by atoms with Crippen LogP contribution in [0.4, 0.5) is 0 Å². The van der Waals surface area contributed by atoms with Crippen molar-refractivity contribution < 1.29 is 42.3 Å². The number of nitrogens with two attached hydrogens (primary N) is 1. The van der Waals surface area contributed by atoms with Crippen LogP contribution in [-0.2, 0) is 34.0 Å². The predicted octanol–water partition coefficient (Wildman–Crippen LogP) is -1.88. The highest BCUT2D eigenvalue weighted by Crippen LogP contribution is 2.25. The van der Waals surface area contributed by atoms with Crippen molar-refractivity contribution in [2.75, 3.05) is 6.54 Å². The van der Waals surface area contributed by atoms with E-state index in [0.717, 1.165) is 22.2 Å². The minimum atomic E-state index is -3.97. The second kappa shape index (κ2) is 10.8. The number of carboxylic acid groups (broad SMARTS) is 1. The first-order valence-corrected chi connectivity index (χ1v) is 12.5. The first-order valence-electron chi connectivity index (χ1n) is 11.0. The van der Waals surface area contributed by atoms with Crippen molar-refractivity contribution in [2.24, 2.45) is 5.14 Å². The van der Waals surface area contributed by atoms with E-state index in [4.69, 9.17) is 10.2 Å². The van der Waals surface area contributed by atoms with Crippen molar-refractivity contribution in [3.63, 3.8) is 0 Å². The Morgan fingerprint density at radius 3 is 2.42 bits per heavy atom. The molecule has 2 aliphatic heterocycles. The van der Waals surface area contributed by atoms with Crippen molar-refractivity contribution in [1.82, 2.24) is 20.7 Å². The number of aliphatic carboxylic acids is 1. The van der Waals surface area contributed by atoms with Gasteiger partial charge in [0.15, 0.2) is 0 Å². The Morgan fingerprint density at radius 2 is 1.83 bits per heavy atom. The van der Waals surface area contributed by atoms with Gasteiger partial charge in [0.05, 0.1) is 17.4 Å². The minimum absolute atomic E-state index is 0.0399. The lowest BCUT2D eigenvalue weighted by Crippen LogP contribution is -2.64. The van der Waals surface area contributed by atoms with Gasteiger partial charge in [-0.25, -0.2) is 18.6 Å². The maximum atomic E-state index is 13.4. The molecule has 1 aromatic rings. The number of benzene rings is 1. The summed E-state index contributed by atoms with van der Waals surface area (Å²) in [7, 11) is -3.97. The largest absolute Gasteiger partial charge is 0.481 e. The van der Waals surface area contributed by atoms with E-state index < -0.39 is 64.2 Å². The molecule has 0 spiro atoms. The van der Waals surface area contributed by atoms with E-state index in [9.17, 15) is 37.2 Å². The second-order valence-electron chi connectivity index (χ2n) is 8.34. The molecule has 2 aliphatic rings. The maximum absolute atomic E-state index is 13.4. The van der Waals surface area contributed by atoms with Crippen LogP contribution in [0.15, 0.2) is 29.2 Å². The van der Waals surface area contributed by atoms with E-state index in [-0.39, 0.29) is 42.6 Å². The lowest BCUT2D eigenvalue weighted by atomic mass is 10.0. The summed E-state index contributed by atoms with van der Waals surface area (Å²) in [6.07, 6.45) is 0.00690. The van der Waals surface area contributed by atoms with Gasteiger partial charge in [0.2, 0.25) is 21.8 Å². The Balaban J connectivity index is 1.80. The van der Waals surface area contributed by atoms with Crippen LogP contribution in [0.3, 0.4) is 0 Å². The highest BCUT2D eigenvalue weighted by atomic mass is 32.2. The lowest BCUT2D eigenvalue weighted by molar-refractivity contribution is -0.176. The van der Waals surface area contributed by atoms with Gasteiger partial charge in [-0.15, -0.1) is 0 Å². The van der Waals surface area contributed by atoms with Gasteiger partial charge < -0.3 is 20.5 Å². The average molecular weight is 524 g/mol. The number of sulfonamides is 1. The van der Waals surface area contributed by atoms with Crippen molar-refractivity contribution in [3.8, 4) is 0 Å². The van der Waals surface area contributed by atoms with Crippen LogP contribution in [-0.4, -0.2) is 84.1 Å². The zero-order valence-electron chi connectivity index (χ0n) is 19.0. The number of aldehydes is 1. The number of carbonyl (C=O) groups is 6. The maximum Gasteiger partial charge on any atom is 0.305 e. The summed E-state index contributed by atoms with van der Waals surface area (Å²) in [6.45, 7) is 0.163. The standard InChI is InChI=1S/C21H25N5O9S/c22-36(34,35)14-5-3-12(4-6-14)19(31)24-15-7-8-17(28)25-9-1-2-16(26(25)21(15)33)20(32)23-13(11-27)10-18(29)30/h3-6,11,13,15-16H,1-2,7-10H2,(H,23,32)(H,24,31)(H,29,30)(H2,22,34,35). The number of hydrogen-bond donors (Lipinski definition) is 4. The molecule has 0 aromatic heterocycles. The monoisotopic (exact) mass is 523 g/mol. The van der Waals surface area contributed by atoms with Gasteiger partial charge in [0, 0.05) is 18.5 Å². The molecular weight excluding hydrogens is 498 g/mol. The molecule has 2 heterocycles. The van der Waals surface area contributed by atoms with Gasteiger partial charge in [0.1, 0.15) is 18.4 Å². The number of hydrogen-bond acceptors (Lipinski definition) is 8. The van der Waals surface area contributed by atoms with E-state index in [1.807, 2.05) is 0 Å². The number of amides is 4. The molecule has 3 unspecified atom stereocenters. The molecule has 14 nitrogen and oxygen atoms in total. The number of fused-ring (bicyclic) bond motifs is 1. The second-order valence-corrected chi connectivity index (χ2v) is 9.90. The number of nitrogens with one attached hydrogen (secondary N) is 2. The number of carboxylic acids is 1. The fourth-order valence-corrected chi connectivity index (χ4v) is 4.56. The summed E-state index contributed by atoms with van der Waals surface area (Å²) >= 11 is 0. The third kappa shape index (κ3) is 6.04. The molecule has 2 saturated heterocycles.